The van der Waals surface area contributed by atoms with Crippen molar-refractivity contribution in [3.63, 3.8) is 0 Å². The molecule has 3 nitrogen and oxygen atoms in total. The van der Waals surface area contributed by atoms with Crippen molar-refractivity contribution in [2.45, 2.75) is 53.5 Å². The molecule has 1 saturated heterocycles. The van der Waals surface area contributed by atoms with E-state index in [-0.39, 0.29) is 0 Å². The van der Waals surface area contributed by atoms with E-state index in [1.54, 1.807) is 4.90 Å². The Hall–Kier alpha value is -1.43. The molecular weight excluding hydrogens is 394 g/mol. The van der Waals surface area contributed by atoms with E-state index in [0.717, 1.165) is 29.8 Å². The number of nitrogens with zero attached hydrogens (tertiary/aromatic N) is 1. The van der Waals surface area contributed by atoms with Gasteiger partial charge < -0.3 is 15.1 Å². The number of likely N-dealkylation sites (tertiary alicyclic amines) is 1. The van der Waals surface area contributed by atoms with Gasteiger partial charge in [-0.25, -0.2) is 0 Å². The molecule has 1 fully saturated rings. The highest BCUT2D eigenvalue weighted by atomic mass is 32.1. The second-order valence-corrected chi connectivity index (χ2v) is 10.2. The number of piperidine rings is 1. The summed E-state index contributed by atoms with van der Waals surface area (Å²) in [5.41, 5.74) is 4.97. The van der Waals surface area contributed by atoms with Gasteiger partial charge in [0.25, 0.3) is 0 Å². The van der Waals surface area contributed by atoms with Gasteiger partial charge in [0.1, 0.15) is 0 Å². The highest BCUT2D eigenvalue weighted by Gasteiger charge is 2.20. The van der Waals surface area contributed by atoms with Crippen LogP contribution in [0.25, 0.3) is 0 Å². The van der Waals surface area contributed by atoms with E-state index < -0.39 is 0 Å². The molecule has 2 heterocycles. The Labute approximate surface area is 186 Å². The van der Waals surface area contributed by atoms with Gasteiger partial charge in [-0.15, -0.1) is 11.3 Å². The van der Waals surface area contributed by atoms with E-state index in [0.29, 0.717) is 0 Å². The first kappa shape index (κ1) is 22.3. The van der Waals surface area contributed by atoms with Crippen molar-refractivity contribution in [1.29, 1.82) is 0 Å². The van der Waals surface area contributed by atoms with Gasteiger partial charge in [-0.05, 0) is 68.4 Å². The summed E-state index contributed by atoms with van der Waals surface area (Å²) in [7, 11) is 0. The molecule has 0 bridgehead atoms. The molecular formula is C24H36N3S2+. The third-order valence-corrected chi connectivity index (χ3v) is 7.17. The lowest BCUT2D eigenvalue weighted by molar-refractivity contribution is -0.908. The van der Waals surface area contributed by atoms with Crippen LogP contribution in [0.2, 0.25) is 0 Å². The molecule has 0 spiro atoms. The topological polar surface area (TPSA) is 19.7 Å². The van der Waals surface area contributed by atoms with Crippen molar-refractivity contribution in [3.8, 4) is 0 Å². The monoisotopic (exact) mass is 430 g/mol. The van der Waals surface area contributed by atoms with E-state index >= 15 is 0 Å². The average molecular weight is 431 g/mol. The summed E-state index contributed by atoms with van der Waals surface area (Å²) in [5.74, 6) is 0.871. The molecule has 3 rings (SSSR count). The van der Waals surface area contributed by atoms with Crippen molar-refractivity contribution in [3.05, 3.63) is 51.2 Å². The predicted molar refractivity (Wildman–Crippen MR) is 130 cm³/mol. The molecule has 2 atom stereocenters. The number of rotatable bonds is 7. The van der Waals surface area contributed by atoms with E-state index in [2.05, 4.69) is 67.6 Å². The Kier molecular flexibility index (Phi) is 8.10. The lowest BCUT2D eigenvalue weighted by atomic mass is 10.0. The number of nitrogens with one attached hydrogen (secondary N) is 2. The maximum atomic E-state index is 5.88. The van der Waals surface area contributed by atoms with Crippen molar-refractivity contribution in [2.24, 2.45) is 5.92 Å². The summed E-state index contributed by atoms with van der Waals surface area (Å²) in [4.78, 5) is 5.49. The fourth-order valence-electron chi connectivity index (χ4n) is 4.55. The zero-order chi connectivity index (χ0) is 20.8. The number of thiocarbonyl (C=S) groups is 1. The lowest BCUT2D eigenvalue weighted by Gasteiger charge is -2.30. The molecule has 1 aromatic carbocycles. The third-order valence-electron chi connectivity index (χ3n) is 5.95. The highest BCUT2D eigenvalue weighted by Crippen LogP contribution is 2.23. The molecule has 1 aliphatic heterocycles. The number of aryl methyl sites for hydroxylation is 3. The molecule has 0 amide bonds. The van der Waals surface area contributed by atoms with Crippen LogP contribution in [0.1, 0.15) is 47.8 Å². The minimum absolute atomic E-state index is 0.843. The molecule has 29 heavy (non-hydrogen) atoms. The van der Waals surface area contributed by atoms with Crippen LogP contribution in [0, 0.1) is 26.7 Å². The minimum Gasteiger partial charge on any atom is -0.344 e. The summed E-state index contributed by atoms with van der Waals surface area (Å²) in [6, 6.07) is 8.79. The Morgan fingerprint density at radius 2 is 2.03 bits per heavy atom. The van der Waals surface area contributed by atoms with Crippen molar-refractivity contribution in [1.82, 2.24) is 4.90 Å². The van der Waals surface area contributed by atoms with Gasteiger partial charge in [0.15, 0.2) is 5.11 Å². The minimum atomic E-state index is 0.843. The van der Waals surface area contributed by atoms with Gasteiger partial charge in [-0.1, -0.05) is 30.7 Å². The quantitative estimate of drug-likeness (QED) is 0.628. The van der Waals surface area contributed by atoms with Gasteiger partial charge in [0.05, 0.1) is 26.2 Å². The molecule has 158 valence electrons. The average Bonchev–Trinajstić information content (AvgIpc) is 3.17. The molecule has 2 aromatic rings. The van der Waals surface area contributed by atoms with Gasteiger partial charge in [-0.3, -0.25) is 0 Å². The molecule has 2 unspecified atom stereocenters. The van der Waals surface area contributed by atoms with Crippen LogP contribution in [0.3, 0.4) is 0 Å². The second-order valence-electron chi connectivity index (χ2n) is 8.76. The summed E-state index contributed by atoms with van der Waals surface area (Å²) in [5, 5.41) is 6.56. The Morgan fingerprint density at radius 1 is 1.28 bits per heavy atom. The summed E-state index contributed by atoms with van der Waals surface area (Å²) < 4.78 is 0. The van der Waals surface area contributed by atoms with Gasteiger partial charge >= 0.3 is 0 Å². The number of hydrogen-bond donors (Lipinski definition) is 2. The third kappa shape index (κ3) is 6.53. The molecule has 2 N–H and O–H groups in total. The zero-order valence-electron chi connectivity index (χ0n) is 18.4. The largest absolute Gasteiger partial charge is 0.344 e. The first-order chi connectivity index (χ1) is 13.9. The van der Waals surface area contributed by atoms with Crippen LogP contribution < -0.4 is 10.2 Å². The smallest absolute Gasteiger partial charge is 0.173 e. The second kappa shape index (κ2) is 10.6. The summed E-state index contributed by atoms with van der Waals surface area (Å²) >= 11 is 7.69. The molecule has 0 aliphatic carbocycles. The van der Waals surface area contributed by atoms with Crippen LogP contribution in [-0.4, -0.2) is 36.2 Å². The van der Waals surface area contributed by atoms with E-state index in [9.17, 15) is 0 Å². The number of benzene rings is 1. The predicted octanol–water partition coefficient (Wildman–Crippen LogP) is 4.58. The van der Waals surface area contributed by atoms with Gasteiger partial charge in [0, 0.05) is 29.4 Å². The van der Waals surface area contributed by atoms with Gasteiger partial charge in [0.2, 0.25) is 0 Å². The van der Waals surface area contributed by atoms with Gasteiger partial charge in [-0.2, -0.15) is 0 Å². The summed E-state index contributed by atoms with van der Waals surface area (Å²) in [6.07, 6.45) is 3.96. The zero-order valence-corrected chi connectivity index (χ0v) is 20.0. The highest BCUT2D eigenvalue weighted by molar-refractivity contribution is 7.80. The number of thiophene rings is 1. The van der Waals surface area contributed by atoms with Crippen molar-refractivity contribution < 1.29 is 4.90 Å². The maximum absolute atomic E-state index is 5.88. The molecule has 0 radical (unpaired) electrons. The van der Waals surface area contributed by atoms with Crippen LogP contribution >= 0.6 is 23.6 Å². The molecule has 5 heteroatoms. The van der Waals surface area contributed by atoms with Crippen LogP contribution in [-0.2, 0) is 6.54 Å². The van der Waals surface area contributed by atoms with Crippen LogP contribution in [0.15, 0.2) is 29.6 Å². The SMILES string of the molecule is Cc1cc(C)c(NC(=S)N(CCC[NH+]2CCCC(C)C2)Cc2cccs2)c(C)c1. The summed E-state index contributed by atoms with van der Waals surface area (Å²) in [6.45, 7) is 14.7. The fraction of sp³-hybridized carbons (Fsp3) is 0.542. The van der Waals surface area contributed by atoms with Crippen molar-refractivity contribution in [2.75, 3.05) is 31.5 Å². The maximum Gasteiger partial charge on any atom is 0.173 e. The normalized spacial score (nSPS) is 19.2. The standard InChI is InChI=1S/C24H35N3S2/c1-18-8-5-10-26(16-18)11-7-12-27(17-22-9-6-13-29-22)24(28)25-23-20(3)14-19(2)15-21(23)4/h6,9,13-15,18H,5,7-8,10-12,16-17H2,1-4H3,(H,25,28)/p+1. The fourth-order valence-corrected chi connectivity index (χ4v) is 5.53. The molecule has 0 saturated carbocycles. The molecule has 1 aliphatic rings. The van der Waals surface area contributed by atoms with Crippen LogP contribution in [0.5, 0.6) is 0 Å². The number of quaternary nitrogens is 1. The van der Waals surface area contributed by atoms with Crippen molar-refractivity contribution >= 4 is 34.4 Å². The lowest BCUT2D eigenvalue weighted by Crippen LogP contribution is -3.13. The first-order valence-electron chi connectivity index (χ1n) is 10.9. The van der Waals surface area contributed by atoms with E-state index in [1.807, 2.05) is 11.3 Å². The van der Waals surface area contributed by atoms with E-state index in [4.69, 9.17) is 12.2 Å². The van der Waals surface area contributed by atoms with E-state index in [1.165, 1.54) is 60.5 Å². The Bertz CT molecular complexity index is 777. The Balaban J connectivity index is 1.63. The number of anilines is 1. The Morgan fingerprint density at radius 3 is 2.69 bits per heavy atom. The van der Waals surface area contributed by atoms with Crippen LogP contribution in [0.4, 0.5) is 5.69 Å². The number of hydrogen-bond acceptors (Lipinski definition) is 2. The first-order valence-corrected chi connectivity index (χ1v) is 12.2. The molecule has 1 aromatic heterocycles.